The molecular formula is C4H7NO2SSi. The van der Waals surface area contributed by atoms with E-state index >= 15 is 0 Å². The minimum Gasteiger partial charge on any atom is -0.358 e. The second-order valence-electron chi connectivity index (χ2n) is 1.14. The lowest BCUT2D eigenvalue weighted by atomic mass is 11.3. The van der Waals surface area contributed by atoms with Crippen molar-refractivity contribution >= 4 is 27.1 Å². The first kappa shape index (κ1) is 8.94. The summed E-state index contributed by atoms with van der Waals surface area (Å²) in [5.74, 6) is -0.263. The molecule has 0 aliphatic carbocycles. The highest BCUT2D eigenvalue weighted by Crippen LogP contribution is 1.86. The van der Waals surface area contributed by atoms with E-state index in [4.69, 9.17) is 9.47 Å². The topological polar surface area (TPSA) is 30.8 Å². The maximum atomic E-state index is 4.81. The molecule has 0 saturated heterocycles. The molecule has 0 aliphatic heterocycles. The molecule has 0 rings (SSSR count). The Morgan fingerprint density at radius 1 is 1.56 bits per heavy atom. The summed E-state index contributed by atoms with van der Waals surface area (Å²) in [6, 6.07) is 0. The number of hydrogen-bond donors (Lipinski definition) is 0. The first-order valence-corrected chi connectivity index (χ1v) is 3.66. The molecule has 0 amide bonds. The summed E-state index contributed by atoms with van der Waals surface area (Å²) >= 11 is 4.35. The van der Waals surface area contributed by atoms with Gasteiger partial charge in [-0.05, 0) is 12.2 Å². The maximum absolute atomic E-state index is 4.81. The third-order valence-corrected chi connectivity index (χ3v) is 1.82. The van der Waals surface area contributed by atoms with Crippen LogP contribution in [-0.2, 0) is 9.47 Å². The molecule has 0 atom stereocenters. The van der Waals surface area contributed by atoms with Gasteiger partial charge in [-0.2, -0.15) is 0 Å². The molecule has 0 aliphatic rings. The lowest BCUT2D eigenvalue weighted by Gasteiger charge is -2.06. The van der Waals surface area contributed by atoms with Gasteiger partial charge in [0.05, 0.1) is 0 Å². The van der Waals surface area contributed by atoms with Crippen LogP contribution in [0, 0.1) is 0 Å². The fraction of sp³-hybridized carbons (Fsp3) is 0.750. The molecule has 9 heavy (non-hydrogen) atoms. The van der Waals surface area contributed by atoms with Crippen LogP contribution in [0.2, 0.25) is 0 Å². The predicted molar refractivity (Wildman–Crippen MR) is 38.6 cm³/mol. The van der Waals surface area contributed by atoms with Gasteiger partial charge in [-0.1, -0.05) is 0 Å². The number of rotatable bonds is 4. The molecule has 2 radical (unpaired) electrons. The molecule has 0 aromatic rings. The van der Waals surface area contributed by atoms with Crippen molar-refractivity contribution in [2.45, 2.75) is 5.91 Å². The van der Waals surface area contributed by atoms with Crippen LogP contribution in [0.15, 0.2) is 4.66 Å². The van der Waals surface area contributed by atoms with Gasteiger partial charge in [-0.25, -0.2) is 0 Å². The zero-order valence-corrected chi connectivity index (χ0v) is 7.07. The SMILES string of the molecule is COC(OC)[Si]N=C=S. The largest absolute Gasteiger partial charge is 0.358 e. The highest BCUT2D eigenvalue weighted by molar-refractivity contribution is 7.78. The number of thiocarbonyl (C=S) groups is 1. The normalized spacial score (nSPS) is 9.22. The van der Waals surface area contributed by atoms with E-state index < -0.39 is 0 Å². The standard InChI is InChI=1S/C4H7NO2SSi/c1-6-4(7-2)9-5-3-8/h4H,1-2H3. The minimum absolute atomic E-state index is 0.189. The van der Waals surface area contributed by atoms with Crippen LogP contribution in [-0.4, -0.2) is 35.0 Å². The van der Waals surface area contributed by atoms with Gasteiger partial charge in [0, 0.05) is 19.4 Å². The van der Waals surface area contributed by atoms with Crippen molar-refractivity contribution in [3.05, 3.63) is 0 Å². The van der Waals surface area contributed by atoms with Crippen molar-refractivity contribution in [3.63, 3.8) is 0 Å². The average Bonchev–Trinajstić information content (AvgIpc) is 1.91. The molecular weight excluding hydrogens is 154 g/mol. The zero-order valence-electron chi connectivity index (χ0n) is 5.25. The number of ether oxygens (including phenoxy) is 2. The number of methoxy groups -OCH3 is 2. The van der Waals surface area contributed by atoms with Crippen molar-refractivity contribution < 1.29 is 9.47 Å². The average molecular weight is 161 g/mol. The molecule has 0 unspecified atom stereocenters. The molecule has 0 heterocycles. The van der Waals surface area contributed by atoms with Crippen molar-refractivity contribution in [2.24, 2.45) is 4.66 Å². The van der Waals surface area contributed by atoms with Gasteiger partial charge in [0.2, 0.25) is 0 Å². The van der Waals surface area contributed by atoms with Crippen LogP contribution >= 0.6 is 12.2 Å². The molecule has 0 fully saturated rings. The van der Waals surface area contributed by atoms with E-state index in [9.17, 15) is 0 Å². The Morgan fingerprint density at radius 3 is 2.44 bits per heavy atom. The van der Waals surface area contributed by atoms with E-state index in [-0.39, 0.29) is 15.6 Å². The van der Waals surface area contributed by atoms with Crippen LogP contribution in [0.1, 0.15) is 0 Å². The first-order chi connectivity index (χ1) is 4.35. The van der Waals surface area contributed by atoms with Gasteiger partial charge in [0.15, 0.2) is 5.91 Å². The van der Waals surface area contributed by atoms with Crippen molar-refractivity contribution in [1.29, 1.82) is 0 Å². The van der Waals surface area contributed by atoms with E-state index in [1.807, 2.05) is 0 Å². The smallest absolute Gasteiger partial charge is 0.295 e. The monoisotopic (exact) mass is 161 g/mol. The van der Waals surface area contributed by atoms with Crippen LogP contribution in [0.25, 0.3) is 0 Å². The summed E-state index contributed by atoms with van der Waals surface area (Å²) in [6.07, 6.45) is 0. The highest BCUT2D eigenvalue weighted by atomic mass is 32.1. The van der Waals surface area contributed by atoms with Gasteiger partial charge in [0.25, 0.3) is 9.68 Å². The minimum atomic E-state index is -0.263. The molecule has 5 heteroatoms. The molecule has 0 aromatic carbocycles. The van der Waals surface area contributed by atoms with E-state index in [0.29, 0.717) is 0 Å². The fourth-order valence-electron chi connectivity index (χ4n) is 0.281. The quantitative estimate of drug-likeness (QED) is 0.257. The Kier molecular flexibility index (Phi) is 6.02. The van der Waals surface area contributed by atoms with Gasteiger partial charge in [-0.15, -0.1) is 0 Å². The van der Waals surface area contributed by atoms with Crippen LogP contribution < -0.4 is 0 Å². The Hall–Kier alpha value is -0.0631. The summed E-state index contributed by atoms with van der Waals surface area (Å²) < 4.78 is 13.3. The second-order valence-corrected chi connectivity index (χ2v) is 2.27. The Labute approximate surface area is 62.0 Å². The number of nitrogens with zero attached hydrogens (tertiary/aromatic N) is 1. The van der Waals surface area contributed by atoms with E-state index in [1.165, 1.54) is 0 Å². The Balaban J connectivity index is 3.42. The third-order valence-electron chi connectivity index (χ3n) is 0.644. The highest BCUT2D eigenvalue weighted by Gasteiger charge is 2.03. The first-order valence-electron chi connectivity index (χ1n) is 2.23. The molecule has 3 nitrogen and oxygen atoms in total. The van der Waals surface area contributed by atoms with Gasteiger partial charge in [-0.3, -0.25) is 4.66 Å². The van der Waals surface area contributed by atoms with Gasteiger partial charge in [0.1, 0.15) is 0 Å². The van der Waals surface area contributed by atoms with Crippen molar-refractivity contribution in [1.82, 2.24) is 0 Å². The maximum Gasteiger partial charge on any atom is 0.295 e. The molecule has 0 aromatic heterocycles. The fourth-order valence-corrected chi connectivity index (χ4v) is 0.808. The lowest BCUT2D eigenvalue weighted by Crippen LogP contribution is -2.19. The van der Waals surface area contributed by atoms with Crippen molar-refractivity contribution in [2.75, 3.05) is 14.2 Å². The molecule has 50 valence electrons. The zero-order chi connectivity index (χ0) is 7.11. The number of isothiocyanates is 1. The third kappa shape index (κ3) is 4.44. The van der Waals surface area contributed by atoms with Crippen LogP contribution in [0.4, 0.5) is 0 Å². The molecule has 0 spiro atoms. The number of hydrogen-bond acceptors (Lipinski definition) is 4. The summed E-state index contributed by atoms with van der Waals surface area (Å²) in [7, 11) is 3.30. The summed E-state index contributed by atoms with van der Waals surface area (Å²) in [5, 5.41) is 2.23. The molecule has 0 saturated carbocycles. The summed E-state index contributed by atoms with van der Waals surface area (Å²) in [6.45, 7) is 0. The van der Waals surface area contributed by atoms with E-state index in [2.05, 4.69) is 22.0 Å². The van der Waals surface area contributed by atoms with Crippen LogP contribution in [0.3, 0.4) is 0 Å². The van der Waals surface area contributed by atoms with Crippen LogP contribution in [0.5, 0.6) is 0 Å². The van der Waals surface area contributed by atoms with Gasteiger partial charge >= 0.3 is 0 Å². The predicted octanol–water partition coefficient (Wildman–Crippen LogP) is 0.285. The molecule has 0 N–H and O–H groups in total. The van der Waals surface area contributed by atoms with E-state index in [1.54, 1.807) is 14.2 Å². The second kappa shape index (κ2) is 6.06. The molecule has 0 bridgehead atoms. The van der Waals surface area contributed by atoms with Gasteiger partial charge < -0.3 is 9.47 Å². The summed E-state index contributed by atoms with van der Waals surface area (Å²) in [5.41, 5.74) is 0. The van der Waals surface area contributed by atoms with Crippen molar-refractivity contribution in [3.8, 4) is 0 Å². The summed E-state index contributed by atoms with van der Waals surface area (Å²) in [4.78, 5) is 0. The Morgan fingerprint density at radius 2 is 2.11 bits per heavy atom. The Bertz CT molecular complexity index is 111. The lowest BCUT2D eigenvalue weighted by molar-refractivity contribution is -0.0439. The van der Waals surface area contributed by atoms with E-state index in [0.717, 1.165) is 0 Å².